The van der Waals surface area contributed by atoms with E-state index in [4.69, 9.17) is 14.9 Å². The van der Waals surface area contributed by atoms with Gasteiger partial charge in [-0.25, -0.2) is 0 Å². The average Bonchev–Trinajstić information content (AvgIpc) is 2.95. The zero-order chi connectivity index (χ0) is 13.7. The molecule has 4 unspecified atom stereocenters. The van der Waals surface area contributed by atoms with Crippen LogP contribution in [0.5, 0.6) is 0 Å². The first-order chi connectivity index (χ1) is 9.22. The molecule has 0 aromatic rings. The quantitative estimate of drug-likeness (QED) is 0.632. The maximum Gasteiger partial charge on any atom is 0.303 e. The highest BCUT2D eigenvalue weighted by Gasteiger charge is 2.47. The third kappa shape index (κ3) is 3.93. The van der Waals surface area contributed by atoms with Gasteiger partial charge in [0.05, 0.1) is 12.2 Å². The molecule has 2 heterocycles. The summed E-state index contributed by atoms with van der Waals surface area (Å²) in [5.41, 5.74) is 0. The molecule has 0 aromatic heterocycles. The first kappa shape index (κ1) is 14.8. The lowest BCUT2D eigenvalue weighted by molar-refractivity contribution is -0.137. The minimum Gasteiger partial charge on any atom is -0.481 e. The summed E-state index contributed by atoms with van der Waals surface area (Å²) in [7, 11) is 0. The Bertz CT molecular complexity index is 292. The summed E-state index contributed by atoms with van der Waals surface area (Å²) < 4.78 is 5.97. The highest BCUT2D eigenvalue weighted by Crippen LogP contribution is 2.46. The van der Waals surface area contributed by atoms with Crippen LogP contribution >= 0.6 is 0 Å². The summed E-state index contributed by atoms with van der Waals surface area (Å²) in [6.45, 7) is 0.270. The number of fused-ring (bicyclic) bond motifs is 2. The van der Waals surface area contributed by atoms with Crippen LogP contribution in [0.3, 0.4) is 0 Å². The monoisotopic (exact) mass is 270 g/mol. The lowest BCUT2D eigenvalue weighted by Gasteiger charge is -2.27. The van der Waals surface area contributed by atoms with Crippen LogP contribution in [-0.2, 0) is 9.53 Å². The number of unbranched alkanes of at least 4 members (excludes halogenated alkanes) is 3. The van der Waals surface area contributed by atoms with E-state index in [0.717, 1.165) is 25.7 Å². The third-order valence-corrected chi connectivity index (χ3v) is 4.73. The van der Waals surface area contributed by atoms with Crippen molar-refractivity contribution in [1.82, 2.24) is 0 Å². The number of aliphatic hydroxyl groups is 1. The van der Waals surface area contributed by atoms with Gasteiger partial charge in [-0.15, -0.1) is 0 Å². The van der Waals surface area contributed by atoms with Crippen LogP contribution in [-0.4, -0.2) is 35.0 Å². The van der Waals surface area contributed by atoms with Crippen LogP contribution < -0.4 is 0 Å². The molecule has 0 amide bonds. The summed E-state index contributed by atoms with van der Waals surface area (Å²) in [4.78, 5) is 10.4. The lowest BCUT2D eigenvalue weighted by Crippen LogP contribution is -2.28. The Hall–Kier alpha value is -0.610. The fraction of sp³-hybridized carbons (Fsp3) is 0.933. The second-order valence-electron chi connectivity index (χ2n) is 5.98. The summed E-state index contributed by atoms with van der Waals surface area (Å²) in [6, 6.07) is 0. The van der Waals surface area contributed by atoms with Gasteiger partial charge in [-0.2, -0.15) is 0 Å². The number of hydrogen-bond acceptors (Lipinski definition) is 3. The fourth-order valence-corrected chi connectivity index (χ4v) is 3.83. The van der Waals surface area contributed by atoms with Crippen molar-refractivity contribution < 1.29 is 19.7 Å². The largest absolute Gasteiger partial charge is 0.481 e. The molecule has 4 atom stereocenters. The highest BCUT2D eigenvalue weighted by atomic mass is 16.5. The van der Waals surface area contributed by atoms with Gasteiger partial charge < -0.3 is 14.9 Å². The lowest BCUT2D eigenvalue weighted by atomic mass is 9.75. The van der Waals surface area contributed by atoms with Crippen molar-refractivity contribution >= 4 is 5.97 Å². The van der Waals surface area contributed by atoms with Gasteiger partial charge >= 0.3 is 5.97 Å². The SMILES string of the molecule is O=C(O)CCCCCCC1C2CCC(O2)C1CCO. The Kier molecular flexibility index (Phi) is 5.64. The van der Waals surface area contributed by atoms with Crippen molar-refractivity contribution in [3.05, 3.63) is 0 Å². The van der Waals surface area contributed by atoms with E-state index in [2.05, 4.69) is 0 Å². The maximum atomic E-state index is 10.4. The van der Waals surface area contributed by atoms with E-state index in [9.17, 15) is 4.79 Å². The van der Waals surface area contributed by atoms with Crippen molar-refractivity contribution in [3.63, 3.8) is 0 Å². The molecule has 2 saturated heterocycles. The first-order valence-electron chi connectivity index (χ1n) is 7.70. The van der Waals surface area contributed by atoms with Gasteiger partial charge in [0.25, 0.3) is 0 Å². The zero-order valence-electron chi connectivity index (χ0n) is 11.6. The molecule has 110 valence electrons. The van der Waals surface area contributed by atoms with Crippen LogP contribution in [0.2, 0.25) is 0 Å². The Balaban J connectivity index is 1.63. The standard InChI is InChI=1S/C15H26O4/c16-10-9-12-11(13-7-8-14(12)19-13)5-3-1-2-4-6-15(17)18/h11-14,16H,1-10H2,(H,17,18). The normalized spacial score (nSPS) is 32.9. The van der Waals surface area contributed by atoms with E-state index < -0.39 is 5.97 Å². The van der Waals surface area contributed by atoms with E-state index in [1.165, 1.54) is 25.7 Å². The van der Waals surface area contributed by atoms with Crippen molar-refractivity contribution in [2.75, 3.05) is 6.61 Å². The van der Waals surface area contributed by atoms with Crippen molar-refractivity contribution in [2.45, 2.75) is 70.0 Å². The smallest absolute Gasteiger partial charge is 0.303 e. The van der Waals surface area contributed by atoms with E-state index in [-0.39, 0.29) is 6.61 Å². The first-order valence-corrected chi connectivity index (χ1v) is 7.70. The molecular formula is C15H26O4. The number of carbonyl (C=O) groups is 1. The number of hydrogen-bond donors (Lipinski definition) is 2. The number of carboxylic acids is 1. The Morgan fingerprint density at radius 2 is 1.63 bits per heavy atom. The van der Waals surface area contributed by atoms with Crippen molar-refractivity contribution in [2.24, 2.45) is 11.8 Å². The topological polar surface area (TPSA) is 66.8 Å². The minimum atomic E-state index is -0.690. The maximum absolute atomic E-state index is 10.4. The van der Waals surface area contributed by atoms with Crippen LogP contribution in [0.25, 0.3) is 0 Å². The van der Waals surface area contributed by atoms with Gasteiger partial charge in [-0.3, -0.25) is 4.79 Å². The molecular weight excluding hydrogens is 244 g/mol. The van der Waals surface area contributed by atoms with Gasteiger partial charge in [0.15, 0.2) is 0 Å². The van der Waals surface area contributed by atoms with Crippen molar-refractivity contribution in [1.29, 1.82) is 0 Å². The van der Waals surface area contributed by atoms with E-state index >= 15 is 0 Å². The molecule has 4 heteroatoms. The van der Waals surface area contributed by atoms with Crippen LogP contribution in [0, 0.1) is 11.8 Å². The van der Waals surface area contributed by atoms with Crippen molar-refractivity contribution in [3.8, 4) is 0 Å². The number of ether oxygens (including phenoxy) is 1. The van der Waals surface area contributed by atoms with E-state index in [1.807, 2.05) is 0 Å². The van der Waals surface area contributed by atoms with Crippen LogP contribution in [0.1, 0.15) is 57.8 Å². The molecule has 2 fully saturated rings. The van der Waals surface area contributed by atoms with E-state index in [0.29, 0.717) is 30.5 Å². The molecule has 0 aliphatic carbocycles. The number of aliphatic carboxylic acids is 1. The predicted octanol–water partition coefficient (Wildman–Crippen LogP) is 2.59. The second-order valence-corrected chi connectivity index (χ2v) is 5.98. The Morgan fingerprint density at radius 1 is 1.00 bits per heavy atom. The summed E-state index contributed by atoms with van der Waals surface area (Å²) >= 11 is 0. The highest BCUT2D eigenvalue weighted by molar-refractivity contribution is 5.66. The molecule has 2 aliphatic heterocycles. The summed E-state index contributed by atoms with van der Waals surface area (Å²) in [6.07, 6.45) is 9.64. The second kappa shape index (κ2) is 7.25. The predicted molar refractivity (Wildman–Crippen MR) is 71.9 cm³/mol. The molecule has 2 bridgehead atoms. The van der Waals surface area contributed by atoms with Gasteiger partial charge in [0, 0.05) is 13.0 Å². The third-order valence-electron chi connectivity index (χ3n) is 4.73. The summed E-state index contributed by atoms with van der Waals surface area (Å²) in [5, 5.41) is 17.7. The fourth-order valence-electron chi connectivity index (χ4n) is 3.83. The molecule has 0 aromatic carbocycles. The molecule has 4 nitrogen and oxygen atoms in total. The van der Waals surface area contributed by atoms with Gasteiger partial charge in [-0.05, 0) is 43.9 Å². The van der Waals surface area contributed by atoms with E-state index in [1.54, 1.807) is 0 Å². The van der Waals surface area contributed by atoms with Gasteiger partial charge in [0.2, 0.25) is 0 Å². The minimum absolute atomic E-state index is 0.270. The van der Waals surface area contributed by atoms with Gasteiger partial charge in [0.1, 0.15) is 0 Å². The molecule has 2 rings (SSSR count). The molecule has 0 saturated carbocycles. The Morgan fingerprint density at radius 3 is 2.26 bits per heavy atom. The van der Waals surface area contributed by atoms with Crippen LogP contribution in [0.15, 0.2) is 0 Å². The number of aliphatic hydroxyl groups excluding tert-OH is 1. The zero-order valence-corrected chi connectivity index (χ0v) is 11.6. The molecule has 2 aliphatic rings. The number of rotatable bonds is 9. The molecule has 2 N–H and O–H groups in total. The molecule has 19 heavy (non-hydrogen) atoms. The molecule has 0 radical (unpaired) electrons. The van der Waals surface area contributed by atoms with Crippen LogP contribution in [0.4, 0.5) is 0 Å². The average molecular weight is 270 g/mol. The van der Waals surface area contributed by atoms with Gasteiger partial charge in [-0.1, -0.05) is 19.3 Å². The Labute approximate surface area is 115 Å². The molecule has 0 spiro atoms. The summed E-state index contributed by atoms with van der Waals surface area (Å²) in [5.74, 6) is 0.498. The number of carboxylic acid groups (broad SMARTS) is 1.